The van der Waals surface area contributed by atoms with Gasteiger partial charge in [-0.2, -0.15) is 0 Å². The van der Waals surface area contributed by atoms with E-state index in [-0.39, 0.29) is 0 Å². The molecule has 1 atom stereocenters. The normalized spacial score (nSPS) is 12.8. The van der Waals surface area contributed by atoms with E-state index in [0.717, 1.165) is 13.0 Å². The van der Waals surface area contributed by atoms with Gasteiger partial charge in [0.25, 0.3) is 0 Å². The molecule has 0 aliphatic heterocycles. The molecule has 1 N–H and O–H groups in total. The van der Waals surface area contributed by atoms with Crippen LogP contribution in [0.4, 0.5) is 0 Å². The molecule has 0 saturated carbocycles. The monoisotopic (exact) mass is 275 g/mol. The quantitative estimate of drug-likeness (QED) is 0.506. The fraction of sp³-hybridized carbons (Fsp3) is 0.400. The van der Waals surface area contributed by atoms with Crippen LogP contribution in [0.3, 0.4) is 0 Å². The third-order valence-corrected chi connectivity index (χ3v) is 2.12. The first kappa shape index (κ1) is 9.99. The van der Waals surface area contributed by atoms with E-state index in [4.69, 9.17) is 0 Å². The van der Waals surface area contributed by atoms with E-state index in [9.17, 15) is 0 Å². The second-order valence-electron chi connectivity index (χ2n) is 2.81. The Morgan fingerprint density at radius 1 is 1.33 bits per heavy atom. The fourth-order valence-electron chi connectivity index (χ4n) is 1.06. The van der Waals surface area contributed by atoms with E-state index >= 15 is 0 Å². The van der Waals surface area contributed by atoms with Crippen molar-refractivity contribution in [2.75, 3.05) is 6.54 Å². The SMILES string of the molecule is CC(I)NCCc1ccccc1. The molecule has 0 aliphatic rings. The molecule has 1 nitrogen and oxygen atoms in total. The lowest BCUT2D eigenvalue weighted by Gasteiger charge is -2.05. The first-order valence-electron chi connectivity index (χ1n) is 4.20. The molecule has 0 fully saturated rings. The van der Waals surface area contributed by atoms with E-state index in [0.29, 0.717) is 4.05 Å². The van der Waals surface area contributed by atoms with E-state index in [1.807, 2.05) is 0 Å². The first-order valence-corrected chi connectivity index (χ1v) is 5.45. The molecular formula is C10H14IN. The van der Waals surface area contributed by atoms with Crippen LogP contribution < -0.4 is 5.32 Å². The zero-order chi connectivity index (χ0) is 8.81. The van der Waals surface area contributed by atoms with Gasteiger partial charge in [0.1, 0.15) is 0 Å². The summed E-state index contributed by atoms with van der Waals surface area (Å²) in [5, 5.41) is 3.38. The van der Waals surface area contributed by atoms with Crippen LogP contribution in [0, 0.1) is 0 Å². The topological polar surface area (TPSA) is 12.0 Å². The summed E-state index contributed by atoms with van der Waals surface area (Å²) in [6, 6.07) is 10.6. The van der Waals surface area contributed by atoms with Crippen LogP contribution in [0.5, 0.6) is 0 Å². The molecule has 1 aromatic rings. The number of hydrogen-bond acceptors (Lipinski definition) is 1. The number of hydrogen-bond donors (Lipinski definition) is 1. The average molecular weight is 275 g/mol. The molecular weight excluding hydrogens is 261 g/mol. The van der Waals surface area contributed by atoms with Gasteiger partial charge >= 0.3 is 0 Å². The number of halogens is 1. The Labute approximate surface area is 87.7 Å². The molecule has 0 amide bonds. The molecule has 0 bridgehead atoms. The lowest BCUT2D eigenvalue weighted by molar-refractivity contribution is 0.699. The van der Waals surface area contributed by atoms with Crippen LogP contribution in [0.2, 0.25) is 0 Å². The number of nitrogens with one attached hydrogen (secondary N) is 1. The maximum Gasteiger partial charge on any atom is 0.0565 e. The smallest absolute Gasteiger partial charge is 0.0565 e. The van der Waals surface area contributed by atoms with Gasteiger partial charge in [0.2, 0.25) is 0 Å². The van der Waals surface area contributed by atoms with Gasteiger partial charge in [-0.15, -0.1) is 0 Å². The van der Waals surface area contributed by atoms with E-state index in [1.165, 1.54) is 5.56 Å². The Bertz CT molecular complexity index is 208. The molecule has 0 heterocycles. The molecule has 0 radical (unpaired) electrons. The van der Waals surface area contributed by atoms with E-state index in [2.05, 4.69) is 65.2 Å². The van der Waals surface area contributed by atoms with Crippen molar-refractivity contribution in [1.29, 1.82) is 0 Å². The highest BCUT2D eigenvalue weighted by Gasteiger charge is 1.93. The molecule has 0 saturated heterocycles. The molecule has 12 heavy (non-hydrogen) atoms. The summed E-state index contributed by atoms with van der Waals surface area (Å²) in [6.07, 6.45) is 1.12. The van der Waals surface area contributed by atoms with Gasteiger partial charge in [-0.05, 0) is 18.9 Å². The van der Waals surface area contributed by atoms with Crippen LogP contribution >= 0.6 is 22.6 Å². The summed E-state index contributed by atoms with van der Waals surface area (Å²) in [7, 11) is 0. The fourth-order valence-corrected chi connectivity index (χ4v) is 1.37. The Balaban J connectivity index is 2.25. The summed E-state index contributed by atoms with van der Waals surface area (Å²) in [4.78, 5) is 0. The molecule has 0 aromatic heterocycles. The Morgan fingerprint density at radius 3 is 2.58 bits per heavy atom. The predicted molar refractivity (Wildman–Crippen MR) is 61.6 cm³/mol. The van der Waals surface area contributed by atoms with Crippen molar-refractivity contribution >= 4 is 22.6 Å². The summed E-state index contributed by atoms with van der Waals surface area (Å²) < 4.78 is 0.561. The minimum Gasteiger partial charge on any atom is -0.305 e. The minimum atomic E-state index is 0.561. The number of benzene rings is 1. The van der Waals surface area contributed by atoms with E-state index in [1.54, 1.807) is 0 Å². The standard InChI is InChI=1S/C10H14IN/c1-9(11)12-8-7-10-5-3-2-4-6-10/h2-6,9,12H,7-8H2,1H3. The van der Waals surface area contributed by atoms with Crippen LogP contribution in [-0.2, 0) is 6.42 Å². The molecule has 1 aromatic carbocycles. The van der Waals surface area contributed by atoms with Crippen LogP contribution in [-0.4, -0.2) is 10.6 Å². The average Bonchev–Trinajstić information content (AvgIpc) is 2.05. The molecule has 0 spiro atoms. The maximum atomic E-state index is 3.38. The Hall–Kier alpha value is -0.0900. The van der Waals surface area contributed by atoms with Gasteiger partial charge in [-0.3, -0.25) is 0 Å². The van der Waals surface area contributed by atoms with Crippen LogP contribution in [0.15, 0.2) is 30.3 Å². The van der Waals surface area contributed by atoms with Crippen molar-refractivity contribution < 1.29 is 0 Å². The lowest BCUT2D eigenvalue weighted by atomic mass is 10.1. The molecule has 1 rings (SSSR count). The second-order valence-corrected chi connectivity index (χ2v) is 4.67. The van der Waals surface area contributed by atoms with Gasteiger partial charge in [0.05, 0.1) is 4.05 Å². The van der Waals surface area contributed by atoms with Gasteiger partial charge in [-0.1, -0.05) is 52.9 Å². The minimum absolute atomic E-state index is 0.561. The number of rotatable bonds is 4. The highest BCUT2D eigenvalue weighted by Crippen LogP contribution is 1.99. The molecule has 66 valence electrons. The maximum absolute atomic E-state index is 3.38. The van der Waals surface area contributed by atoms with Crippen molar-refractivity contribution in [2.24, 2.45) is 0 Å². The second kappa shape index (κ2) is 5.54. The van der Waals surface area contributed by atoms with Crippen LogP contribution in [0.1, 0.15) is 12.5 Å². The molecule has 0 aliphatic carbocycles. The van der Waals surface area contributed by atoms with Crippen molar-refractivity contribution in [3.63, 3.8) is 0 Å². The third-order valence-electron chi connectivity index (χ3n) is 1.68. The summed E-state index contributed by atoms with van der Waals surface area (Å²) in [5.74, 6) is 0. The summed E-state index contributed by atoms with van der Waals surface area (Å²) in [5.41, 5.74) is 1.40. The van der Waals surface area contributed by atoms with E-state index < -0.39 is 0 Å². The lowest BCUT2D eigenvalue weighted by Crippen LogP contribution is -2.22. The zero-order valence-electron chi connectivity index (χ0n) is 7.26. The highest BCUT2D eigenvalue weighted by atomic mass is 127. The van der Waals surface area contributed by atoms with Crippen molar-refractivity contribution in [2.45, 2.75) is 17.4 Å². The first-order chi connectivity index (χ1) is 5.79. The Morgan fingerprint density at radius 2 is 2.00 bits per heavy atom. The van der Waals surface area contributed by atoms with Gasteiger partial charge < -0.3 is 5.32 Å². The summed E-state index contributed by atoms with van der Waals surface area (Å²) in [6.45, 7) is 3.22. The third kappa shape index (κ3) is 4.07. The molecule has 2 heteroatoms. The molecule has 1 unspecified atom stereocenters. The largest absolute Gasteiger partial charge is 0.305 e. The predicted octanol–water partition coefficient (Wildman–Crippen LogP) is 2.60. The van der Waals surface area contributed by atoms with Crippen molar-refractivity contribution in [3.8, 4) is 0 Å². The van der Waals surface area contributed by atoms with Gasteiger partial charge in [-0.25, -0.2) is 0 Å². The number of alkyl halides is 1. The van der Waals surface area contributed by atoms with Crippen molar-refractivity contribution in [3.05, 3.63) is 35.9 Å². The van der Waals surface area contributed by atoms with Crippen LogP contribution in [0.25, 0.3) is 0 Å². The van der Waals surface area contributed by atoms with Gasteiger partial charge in [0.15, 0.2) is 0 Å². The van der Waals surface area contributed by atoms with Gasteiger partial charge in [0, 0.05) is 6.54 Å². The zero-order valence-corrected chi connectivity index (χ0v) is 9.41. The Kier molecular flexibility index (Phi) is 4.61. The van der Waals surface area contributed by atoms with Crippen molar-refractivity contribution in [1.82, 2.24) is 5.32 Å². The highest BCUT2D eigenvalue weighted by molar-refractivity contribution is 14.1. The summed E-state index contributed by atoms with van der Waals surface area (Å²) >= 11 is 2.37.